The van der Waals surface area contributed by atoms with Gasteiger partial charge in [0.15, 0.2) is 0 Å². The lowest BCUT2D eigenvalue weighted by Crippen LogP contribution is -2.49. The highest BCUT2D eigenvalue weighted by Crippen LogP contribution is 2.33. The molecule has 1 unspecified atom stereocenters. The quantitative estimate of drug-likeness (QED) is 0.776. The highest BCUT2D eigenvalue weighted by molar-refractivity contribution is 7.89. The van der Waals surface area contributed by atoms with E-state index in [0.717, 1.165) is 19.1 Å². The summed E-state index contributed by atoms with van der Waals surface area (Å²) in [5.74, 6) is 0.539. The molecule has 1 saturated heterocycles. The first-order valence-corrected chi connectivity index (χ1v) is 13.2. The molecule has 1 heterocycles. The molecule has 1 aliphatic carbocycles. The Morgan fingerprint density at radius 2 is 1.56 bits per heavy atom. The molecule has 0 bridgehead atoms. The van der Waals surface area contributed by atoms with Crippen molar-refractivity contribution in [1.82, 2.24) is 9.03 Å². The largest absolute Gasteiger partial charge is 0.243 e. The number of hydrogen-bond acceptors (Lipinski definition) is 4. The third-order valence-electron chi connectivity index (χ3n) is 5.72. The van der Waals surface area contributed by atoms with E-state index in [1.165, 1.54) is 42.0 Å². The van der Waals surface area contributed by atoms with Gasteiger partial charge in [-0.3, -0.25) is 0 Å². The number of piperidine rings is 1. The zero-order valence-corrected chi connectivity index (χ0v) is 17.6. The predicted octanol–water partition coefficient (Wildman–Crippen LogP) is 2.83. The SMILES string of the molecule is CS(=O)(=O)NCC1CCCCN1S(=O)(=O)c1ccc(C2CCCCC2)cc1. The maximum absolute atomic E-state index is 13.2. The predicted molar refractivity (Wildman–Crippen MR) is 107 cm³/mol. The molecule has 2 aliphatic rings. The smallest absolute Gasteiger partial charge is 0.214 e. The minimum Gasteiger partial charge on any atom is -0.214 e. The Morgan fingerprint density at radius 1 is 0.926 bits per heavy atom. The van der Waals surface area contributed by atoms with Gasteiger partial charge in [0.25, 0.3) is 0 Å². The Kier molecular flexibility index (Phi) is 6.61. The number of rotatable bonds is 6. The number of benzene rings is 1. The Hall–Kier alpha value is -0.960. The second-order valence-corrected chi connectivity index (χ2v) is 11.5. The van der Waals surface area contributed by atoms with E-state index in [2.05, 4.69) is 4.72 Å². The van der Waals surface area contributed by atoms with Crippen LogP contribution in [-0.2, 0) is 20.0 Å². The lowest BCUT2D eigenvalue weighted by Gasteiger charge is -2.34. The van der Waals surface area contributed by atoms with Crippen molar-refractivity contribution in [3.8, 4) is 0 Å². The van der Waals surface area contributed by atoms with Crippen molar-refractivity contribution in [2.75, 3.05) is 19.3 Å². The second-order valence-electron chi connectivity index (χ2n) is 7.79. The van der Waals surface area contributed by atoms with E-state index in [0.29, 0.717) is 23.8 Å². The van der Waals surface area contributed by atoms with E-state index in [1.807, 2.05) is 12.1 Å². The van der Waals surface area contributed by atoms with Gasteiger partial charge in [0.1, 0.15) is 0 Å². The molecule has 1 aromatic rings. The van der Waals surface area contributed by atoms with Crippen molar-refractivity contribution in [3.63, 3.8) is 0 Å². The van der Waals surface area contributed by atoms with E-state index in [4.69, 9.17) is 0 Å². The monoisotopic (exact) mass is 414 g/mol. The van der Waals surface area contributed by atoms with E-state index in [1.54, 1.807) is 12.1 Å². The van der Waals surface area contributed by atoms with Gasteiger partial charge in [0.05, 0.1) is 11.2 Å². The maximum atomic E-state index is 13.2. The zero-order chi connectivity index (χ0) is 19.5. The molecule has 1 N–H and O–H groups in total. The van der Waals surface area contributed by atoms with Gasteiger partial charge in [-0.1, -0.05) is 37.8 Å². The maximum Gasteiger partial charge on any atom is 0.243 e. The van der Waals surface area contributed by atoms with Crippen LogP contribution < -0.4 is 4.72 Å². The van der Waals surface area contributed by atoms with Gasteiger partial charge in [0.2, 0.25) is 20.0 Å². The van der Waals surface area contributed by atoms with Crippen molar-refractivity contribution in [3.05, 3.63) is 29.8 Å². The van der Waals surface area contributed by atoms with Crippen molar-refractivity contribution >= 4 is 20.0 Å². The third-order valence-corrected chi connectivity index (χ3v) is 8.37. The van der Waals surface area contributed by atoms with Gasteiger partial charge in [0, 0.05) is 19.1 Å². The van der Waals surface area contributed by atoms with Crippen LogP contribution in [0.25, 0.3) is 0 Å². The first kappa shape index (κ1) is 20.8. The van der Waals surface area contributed by atoms with Crippen LogP contribution in [0.5, 0.6) is 0 Å². The van der Waals surface area contributed by atoms with Crippen LogP contribution in [-0.4, -0.2) is 46.5 Å². The summed E-state index contributed by atoms with van der Waals surface area (Å²) in [6.45, 7) is 0.557. The van der Waals surface area contributed by atoms with Gasteiger partial charge in [-0.15, -0.1) is 0 Å². The lowest BCUT2D eigenvalue weighted by atomic mass is 9.84. The van der Waals surface area contributed by atoms with Crippen LogP contribution in [0.1, 0.15) is 62.8 Å². The van der Waals surface area contributed by atoms with Crippen molar-refractivity contribution in [2.24, 2.45) is 0 Å². The van der Waals surface area contributed by atoms with Gasteiger partial charge in [-0.05, 0) is 49.3 Å². The average molecular weight is 415 g/mol. The Bertz CT molecular complexity index is 829. The second kappa shape index (κ2) is 8.59. The average Bonchev–Trinajstić information content (AvgIpc) is 2.67. The summed E-state index contributed by atoms with van der Waals surface area (Å²) in [5, 5.41) is 0. The molecule has 0 amide bonds. The zero-order valence-electron chi connectivity index (χ0n) is 15.9. The highest BCUT2D eigenvalue weighted by Gasteiger charge is 2.33. The molecule has 0 spiro atoms. The van der Waals surface area contributed by atoms with Gasteiger partial charge in [-0.2, -0.15) is 4.31 Å². The molecule has 27 heavy (non-hydrogen) atoms. The summed E-state index contributed by atoms with van der Waals surface area (Å²) in [6.07, 6.45) is 9.61. The first-order valence-electron chi connectivity index (χ1n) is 9.84. The molecule has 6 nitrogen and oxygen atoms in total. The van der Waals surface area contributed by atoms with Gasteiger partial charge < -0.3 is 0 Å². The summed E-state index contributed by atoms with van der Waals surface area (Å²) in [7, 11) is -6.97. The fourth-order valence-electron chi connectivity index (χ4n) is 4.23. The summed E-state index contributed by atoms with van der Waals surface area (Å²) in [4.78, 5) is 0.299. The molecular weight excluding hydrogens is 384 g/mol. The minimum absolute atomic E-state index is 0.123. The third kappa shape index (κ3) is 5.31. The van der Waals surface area contributed by atoms with E-state index in [9.17, 15) is 16.8 Å². The molecule has 3 rings (SSSR count). The summed E-state index contributed by atoms with van der Waals surface area (Å²) in [6, 6.07) is 7.01. The summed E-state index contributed by atoms with van der Waals surface area (Å²) in [5.41, 5.74) is 1.22. The Balaban J connectivity index is 1.76. The molecular formula is C19H30N2O4S2. The van der Waals surface area contributed by atoms with Gasteiger partial charge >= 0.3 is 0 Å². The molecule has 0 aromatic heterocycles. The lowest BCUT2D eigenvalue weighted by molar-refractivity contribution is 0.253. The minimum atomic E-state index is -3.63. The van der Waals surface area contributed by atoms with Crippen LogP contribution in [0.3, 0.4) is 0 Å². The van der Waals surface area contributed by atoms with Crippen LogP contribution in [0, 0.1) is 0 Å². The molecule has 152 valence electrons. The molecule has 1 atom stereocenters. The standard InChI is InChI=1S/C19H30N2O4S2/c1-26(22,23)20-15-18-9-5-6-14-21(18)27(24,25)19-12-10-17(11-13-19)16-7-3-2-4-8-16/h10-13,16,18,20H,2-9,14-15H2,1H3. The number of nitrogens with zero attached hydrogens (tertiary/aromatic N) is 1. The molecule has 8 heteroatoms. The van der Waals surface area contributed by atoms with E-state index in [-0.39, 0.29) is 12.6 Å². The van der Waals surface area contributed by atoms with Crippen molar-refractivity contribution in [2.45, 2.75) is 68.2 Å². The summed E-state index contributed by atoms with van der Waals surface area (Å²) >= 11 is 0. The molecule has 0 radical (unpaired) electrons. The fourth-order valence-corrected chi connectivity index (χ4v) is 6.41. The molecule has 1 aliphatic heterocycles. The molecule has 1 saturated carbocycles. The molecule has 1 aromatic carbocycles. The van der Waals surface area contributed by atoms with Gasteiger partial charge in [-0.25, -0.2) is 21.6 Å². The van der Waals surface area contributed by atoms with Crippen molar-refractivity contribution in [1.29, 1.82) is 0 Å². The van der Waals surface area contributed by atoms with Crippen molar-refractivity contribution < 1.29 is 16.8 Å². The highest BCUT2D eigenvalue weighted by atomic mass is 32.2. The molecule has 2 fully saturated rings. The number of sulfonamides is 2. The first-order chi connectivity index (χ1) is 12.8. The van der Waals surface area contributed by atoms with Crippen LogP contribution in [0.2, 0.25) is 0 Å². The fraction of sp³-hybridized carbons (Fsp3) is 0.684. The van der Waals surface area contributed by atoms with Crippen LogP contribution >= 0.6 is 0 Å². The van der Waals surface area contributed by atoms with Crippen LogP contribution in [0.15, 0.2) is 29.2 Å². The van der Waals surface area contributed by atoms with Crippen LogP contribution in [0.4, 0.5) is 0 Å². The number of hydrogen-bond donors (Lipinski definition) is 1. The van der Waals surface area contributed by atoms with E-state index < -0.39 is 20.0 Å². The summed E-state index contributed by atoms with van der Waals surface area (Å²) < 4.78 is 53.1. The Morgan fingerprint density at radius 3 is 2.19 bits per heavy atom. The van der Waals surface area contributed by atoms with E-state index >= 15 is 0 Å². The Labute approximate surface area is 163 Å². The normalized spacial score (nSPS) is 23.4. The number of nitrogens with one attached hydrogen (secondary N) is 1. The topological polar surface area (TPSA) is 83.6 Å².